The molecule has 35 heavy (non-hydrogen) atoms. The number of rotatable bonds is 23. The SMILES string of the molecule is C=C/C=C\CN(C)CCC(=C)NCCOCCCCCCCCCCCC(=O)NC1CCOCC1. The third-order valence-electron chi connectivity index (χ3n) is 6.38. The molecule has 0 unspecified atom stereocenters. The second-order valence-corrected chi connectivity index (χ2v) is 9.70. The van der Waals surface area contributed by atoms with Crippen LogP contribution in [0.1, 0.15) is 83.5 Å². The summed E-state index contributed by atoms with van der Waals surface area (Å²) in [7, 11) is 2.11. The number of carbonyl (C=O) groups is 1. The van der Waals surface area contributed by atoms with Gasteiger partial charge in [0.25, 0.3) is 0 Å². The van der Waals surface area contributed by atoms with Gasteiger partial charge in [-0.25, -0.2) is 0 Å². The molecule has 1 aliphatic rings. The van der Waals surface area contributed by atoms with Crippen molar-refractivity contribution in [3.8, 4) is 0 Å². The maximum Gasteiger partial charge on any atom is 0.220 e. The topological polar surface area (TPSA) is 62.8 Å². The largest absolute Gasteiger partial charge is 0.386 e. The Hall–Kier alpha value is -1.63. The van der Waals surface area contributed by atoms with E-state index in [1.807, 2.05) is 6.08 Å². The quantitative estimate of drug-likeness (QED) is 0.149. The van der Waals surface area contributed by atoms with Crippen LogP contribution in [0.2, 0.25) is 0 Å². The third kappa shape index (κ3) is 20.3. The summed E-state index contributed by atoms with van der Waals surface area (Å²) in [5.74, 6) is 0.219. The summed E-state index contributed by atoms with van der Waals surface area (Å²) in [5.41, 5.74) is 1.08. The van der Waals surface area contributed by atoms with Gasteiger partial charge in [0.2, 0.25) is 5.91 Å². The first-order valence-electron chi connectivity index (χ1n) is 13.9. The average Bonchev–Trinajstić information content (AvgIpc) is 2.86. The van der Waals surface area contributed by atoms with Gasteiger partial charge in [0.05, 0.1) is 6.61 Å². The second kappa shape index (κ2) is 22.8. The van der Waals surface area contributed by atoms with Gasteiger partial charge in [-0.1, -0.05) is 76.3 Å². The van der Waals surface area contributed by atoms with E-state index in [0.29, 0.717) is 12.5 Å². The molecule has 0 aromatic heterocycles. The van der Waals surface area contributed by atoms with Crippen LogP contribution in [-0.2, 0) is 14.3 Å². The van der Waals surface area contributed by atoms with Gasteiger partial charge in [-0.15, -0.1) is 0 Å². The predicted octanol–water partition coefficient (Wildman–Crippen LogP) is 5.37. The van der Waals surface area contributed by atoms with Gasteiger partial charge < -0.3 is 25.0 Å². The standard InChI is InChI=1S/C29H53N3O3/c1-4-5-14-21-32(3)22-17-27(2)30-20-26-34-23-15-12-10-8-6-7-9-11-13-16-29(33)31-28-18-24-35-25-19-28/h4-5,14,28,30H,1-2,6-13,15-26H2,3H3,(H,31,33)/b14-5-. The molecule has 0 saturated carbocycles. The number of allylic oxidation sites excluding steroid dienone is 2. The zero-order valence-electron chi connectivity index (χ0n) is 22.5. The minimum absolute atomic E-state index is 0.219. The Balaban J connectivity index is 1.77. The van der Waals surface area contributed by atoms with Crippen LogP contribution in [0.3, 0.4) is 0 Å². The summed E-state index contributed by atoms with van der Waals surface area (Å²) < 4.78 is 11.1. The van der Waals surface area contributed by atoms with Crippen molar-refractivity contribution in [3.63, 3.8) is 0 Å². The van der Waals surface area contributed by atoms with Gasteiger partial charge in [-0.2, -0.15) is 0 Å². The molecule has 202 valence electrons. The monoisotopic (exact) mass is 491 g/mol. The number of nitrogens with one attached hydrogen (secondary N) is 2. The van der Waals surface area contributed by atoms with Crippen molar-refractivity contribution in [3.05, 3.63) is 37.1 Å². The molecule has 0 atom stereocenters. The Morgan fingerprint density at radius 1 is 1.00 bits per heavy atom. The lowest BCUT2D eigenvalue weighted by molar-refractivity contribution is -0.122. The maximum absolute atomic E-state index is 12.0. The molecule has 1 saturated heterocycles. The lowest BCUT2D eigenvalue weighted by atomic mass is 10.1. The van der Waals surface area contributed by atoms with Crippen LogP contribution in [0.25, 0.3) is 0 Å². The molecule has 6 nitrogen and oxygen atoms in total. The molecule has 0 radical (unpaired) electrons. The van der Waals surface area contributed by atoms with Crippen molar-refractivity contribution >= 4 is 5.91 Å². The molecule has 1 amide bonds. The van der Waals surface area contributed by atoms with Crippen molar-refractivity contribution in [2.45, 2.75) is 89.5 Å². The van der Waals surface area contributed by atoms with Crippen LogP contribution in [0.5, 0.6) is 0 Å². The summed E-state index contributed by atoms with van der Waals surface area (Å²) in [6, 6.07) is 0.330. The number of ether oxygens (including phenoxy) is 2. The molecule has 0 bridgehead atoms. The van der Waals surface area contributed by atoms with E-state index in [2.05, 4.69) is 41.8 Å². The van der Waals surface area contributed by atoms with Gasteiger partial charge in [-0.3, -0.25) is 4.79 Å². The molecule has 1 heterocycles. The molecule has 0 aliphatic carbocycles. The first-order chi connectivity index (χ1) is 17.1. The molecule has 1 fully saturated rings. The highest BCUT2D eigenvalue weighted by Gasteiger charge is 2.15. The highest BCUT2D eigenvalue weighted by molar-refractivity contribution is 5.76. The van der Waals surface area contributed by atoms with E-state index in [1.54, 1.807) is 6.08 Å². The van der Waals surface area contributed by atoms with Gasteiger partial charge in [-0.05, 0) is 39.2 Å². The van der Waals surface area contributed by atoms with E-state index in [1.165, 1.54) is 44.9 Å². The molecule has 1 aliphatic heterocycles. The van der Waals surface area contributed by atoms with E-state index in [-0.39, 0.29) is 5.91 Å². The van der Waals surface area contributed by atoms with E-state index in [9.17, 15) is 4.79 Å². The minimum Gasteiger partial charge on any atom is -0.386 e. The molecule has 1 rings (SSSR count). The smallest absolute Gasteiger partial charge is 0.220 e. The van der Waals surface area contributed by atoms with E-state index in [4.69, 9.17) is 9.47 Å². The molecule has 0 spiro atoms. The fourth-order valence-corrected chi connectivity index (χ4v) is 4.11. The Labute approximate surface area is 215 Å². The van der Waals surface area contributed by atoms with Gasteiger partial charge in [0.1, 0.15) is 0 Å². The van der Waals surface area contributed by atoms with Crippen LogP contribution < -0.4 is 10.6 Å². The lowest BCUT2D eigenvalue weighted by Crippen LogP contribution is -2.38. The number of carbonyl (C=O) groups excluding carboxylic acids is 1. The van der Waals surface area contributed by atoms with Gasteiger partial charge in [0, 0.05) is 57.6 Å². The van der Waals surface area contributed by atoms with Crippen molar-refractivity contribution in [1.29, 1.82) is 0 Å². The summed E-state index contributed by atoms with van der Waals surface area (Å²) in [6.07, 6.45) is 20.4. The molecule has 2 N–H and O–H groups in total. The van der Waals surface area contributed by atoms with Crippen LogP contribution >= 0.6 is 0 Å². The fraction of sp³-hybridized carbons (Fsp3) is 0.759. The minimum atomic E-state index is 0.219. The Kier molecular flexibility index (Phi) is 20.5. The van der Waals surface area contributed by atoms with Gasteiger partial charge >= 0.3 is 0 Å². The zero-order valence-corrected chi connectivity index (χ0v) is 22.5. The Morgan fingerprint density at radius 3 is 2.34 bits per heavy atom. The molecule has 0 aromatic rings. The third-order valence-corrected chi connectivity index (χ3v) is 6.38. The Bertz CT molecular complexity index is 574. The fourth-order valence-electron chi connectivity index (χ4n) is 4.11. The summed E-state index contributed by atoms with van der Waals surface area (Å²) in [4.78, 5) is 14.2. The van der Waals surface area contributed by atoms with Crippen LogP contribution in [-0.4, -0.2) is 70.0 Å². The maximum atomic E-state index is 12.0. The molecule has 0 aromatic carbocycles. The number of hydrogen-bond donors (Lipinski definition) is 2. The van der Waals surface area contributed by atoms with Crippen molar-refractivity contribution in [1.82, 2.24) is 15.5 Å². The van der Waals surface area contributed by atoms with Crippen molar-refractivity contribution in [2.75, 3.05) is 53.1 Å². The highest BCUT2D eigenvalue weighted by atomic mass is 16.5. The van der Waals surface area contributed by atoms with E-state index < -0.39 is 0 Å². The number of nitrogens with zero attached hydrogens (tertiary/aromatic N) is 1. The van der Waals surface area contributed by atoms with E-state index >= 15 is 0 Å². The normalized spacial score (nSPS) is 14.5. The summed E-state index contributed by atoms with van der Waals surface area (Å²) >= 11 is 0. The highest BCUT2D eigenvalue weighted by Crippen LogP contribution is 2.11. The summed E-state index contributed by atoms with van der Waals surface area (Å²) in [6.45, 7) is 13.7. The first kappa shape index (κ1) is 31.4. The Morgan fingerprint density at radius 2 is 1.66 bits per heavy atom. The number of hydrogen-bond acceptors (Lipinski definition) is 5. The molecular weight excluding hydrogens is 438 g/mol. The van der Waals surface area contributed by atoms with E-state index in [0.717, 1.165) is 83.9 Å². The first-order valence-corrected chi connectivity index (χ1v) is 13.9. The average molecular weight is 492 g/mol. The lowest BCUT2D eigenvalue weighted by Gasteiger charge is -2.23. The van der Waals surface area contributed by atoms with Crippen LogP contribution in [0.15, 0.2) is 37.1 Å². The van der Waals surface area contributed by atoms with Crippen LogP contribution in [0.4, 0.5) is 0 Å². The molecular formula is C29H53N3O3. The van der Waals surface area contributed by atoms with Gasteiger partial charge in [0.15, 0.2) is 0 Å². The van der Waals surface area contributed by atoms with Crippen molar-refractivity contribution < 1.29 is 14.3 Å². The van der Waals surface area contributed by atoms with Crippen molar-refractivity contribution in [2.24, 2.45) is 0 Å². The number of amides is 1. The number of unbranched alkanes of at least 4 members (excludes halogenated alkanes) is 8. The second-order valence-electron chi connectivity index (χ2n) is 9.70. The number of likely N-dealkylation sites (N-methyl/N-ethyl adjacent to an activating group) is 1. The summed E-state index contributed by atoms with van der Waals surface area (Å²) in [5, 5.41) is 6.51. The molecule has 6 heteroatoms. The van der Waals surface area contributed by atoms with Crippen LogP contribution in [0, 0.1) is 0 Å². The predicted molar refractivity (Wildman–Crippen MR) is 148 cm³/mol. The zero-order chi connectivity index (χ0) is 25.4.